The van der Waals surface area contributed by atoms with E-state index in [-0.39, 0.29) is 0 Å². The predicted molar refractivity (Wildman–Crippen MR) is 45.8 cm³/mol. The van der Waals surface area contributed by atoms with Crippen molar-refractivity contribution < 1.29 is 0 Å². The second-order valence-corrected chi connectivity index (χ2v) is 2.25. The van der Waals surface area contributed by atoms with Crippen LogP contribution in [0.3, 0.4) is 0 Å². The van der Waals surface area contributed by atoms with Crippen LogP contribution in [0.2, 0.25) is 0 Å². The predicted octanol–water partition coefficient (Wildman–Crippen LogP) is 1.70. The van der Waals surface area contributed by atoms with Crippen LogP contribution in [-0.2, 0) is 0 Å². The Bertz CT molecular complexity index is 155. The van der Waals surface area contributed by atoms with Crippen LogP contribution in [0.15, 0.2) is 30.0 Å². The molecule has 0 aliphatic heterocycles. The Labute approximate surface area is 62.1 Å². The van der Waals surface area contributed by atoms with Crippen molar-refractivity contribution in [2.24, 2.45) is 16.6 Å². The highest BCUT2D eigenvalue weighted by Crippen LogP contribution is 1.98. The molecule has 0 rings (SSSR count). The molecule has 0 amide bonds. The van der Waals surface area contributed by atoms with Gasteiger partial charge in [-0.15, -0.1) is 0 Å². The second-order valence-electron chi connectivity index (χ2n) is 2.25. The van der Waals surface area contributed by atoms with Gasteiger partial charge in [-0.05, 0) is 18.2 Å². The quantitative estimate of drug-likeness (QED) is 0.592. The molecule has 0 bridgehead atoms. The third kappa shape index (κ3) is 3.07. The Balaban J connectivity index is 4.25. The molecule has 0 aromatic heterocycles. The molecule has 0 radical (unpaired) electrons. The first-order valence-electron chi connectivity index (χ1n) is 3.29. The van der Waals surface area contributed by atoms with Crippen molar-refractivity contribution in [3.05, 3.63) is 25.1 Å². The Kier molecular flexibility index (Phi) is 4.29. The molecule has 2 heteroatoms. The lowest BCUT2D eigenvalue weighted by Crippen LogP contribution is -2.03. The number of nitrogens with zero attached hydrogens (tertiary/aromatic N) is 1. The fourth-order valence-electron chi connectivity index (χ4n) is 0.589. The highest BCUT2D eigenvalue weighted by molar-refractivity contribution is 5.96. The van der Waals surface area contributed by atoms with Crippen molar-refractivity contribution in [1.29, 1.82) is 0 Å². The van der Waals surface area contributed by atoms with E-state index in [1.807, 2.05) is 0 Å². The SMILES string of the molecule is C=CN=C(/C=C\N)C(C)C. The Morgan fingerprint density at radius 2 is 2.20 bits per heavy atom. The first kappa shape index (κ1) is 8.95. The van der Waals surface area contributed by atoms with Gasteiger partial charge in [0.15, 0.2) is 0 Å². The van der Waals surface area contributed by atoms with E-state index in [2.05, 4.69) is 25.4 Å². The molecular formula is C8H14N2. The van der Waals surface area contributed by atoms with Crippen molar-refractivity contribution in [3.8, 4) is 0 Å². The normalized spacial score (nSPS) is 12.9. The third-order valence-electron chi connectivity index (χ3n) is 1.10. The monoisotopic (exact) mass is 138 g/mol. The average molecular weight is 138 g/mol. The number of nitrogens with two attached hydrogens (primary N) is 1. The van der Waals surface area contributed by atoms with Gasteiger partial charge in [0.05, 0.1) is 0 Å². The van der Waals surface area contributed by atoms with Gasteiger partial charge in [0.25, 0.3) is 0 Å². The van der Waals surface area contributed by atoms with Crippen molar-refractivity contribution in [3.63, 3.8) is 0 Å². The first-order valence-corrected chi connectivity index (χ1v) is 3.29. The van der Waals surface area contributed by atoms with Crippen LogP contribution >= 0.6 is 0 Å². The van der Waals surface area contributed by atoms with Crippen LogP contribution < -0.4 is 5.73 Å². The summed E-state index contributed by atoms with van der Waals surface area (Å²) in [7, 11) is 0. The summed E-state index contributed by atoms with van der Waals surface area (Å²) in [5.41, 5.74) is 6.16. The molecule has 0 aromatic rings. The van der Waals surface area contributed by atoms with Crippen LogP contribution in [0.4, 0.5) is 0 Å². The Hall–Kier alpha value is -1.05. The summed E-state index contributed by atoms with van der Waals surface area (Å²) >= 11 is 0. The van der Waals surface area contributed by atoms with Gasteiger partial charge in [0.1, 0.15) is 0 Å². The molecule has 0 aliphatic rings. The topological polar surface area (TPSA) is 38.4 Å². The highest BCUT2D eigenvalue weighted by atomic mass is 14.7. The molecule has 0 fully saturated rings. The minimum Gasteiger partial charge on any atom is -0.405 e. The molecule has 2 N–H and O–H groups in total. The minimum absolute atomic E-state index is 0.401. The first-order chi connectivity index (χ1) is 4.72. The van der Waals surface area contributed by atoms with E-state index in [1.165, 1.54) is 12.4 Å². The number of rotatable bonds is 3. The fourth-order valence-corrected chi connectivity index (χ4v) is 0.589. The van der Waals surface area contributed by atoms with Gasteiger partial charge in [-0.1, -0.05) is 20.4 Å². The number of hydrogen-bond acceptors (Lipinski definition) is 2. The lowest BCUT2D eigenvalue weighted by Gasteiger charge is -2.01. The van der Waals surface area contributed by atoms with E-state index in [0.717, 1.165) is 5.71 Å². The van der Waals surface area contributed by atoms with Crippen molar-refractivity contribution in [1.82, 2.24) is 0 Å². The largest absolute Gasteiger partial charge is 0.405 e. The zero-order valence-corrected chi connectivity index (χ0v) is 6.54. The summed E-state index contributed by atoms with van der Waals surface area (Å²) < 4.78 is 0. The average Bonchev–Trinajstić information content (AvgIpc) is 1.87. The molecule has 0 aliphatic carbocycles. The van der Waals surface area contributed by atoms with Crippen LogP contribution in [0, 0.1) is 5.92 Å². The number of aliphatic imine (C=N–C) groups is 1. The van der Waals surface area contributed by atoms with Gasteiger partial charge in [0, 0.05) is 11.9 Å². The maximum absolute atomic E-state index is 5.20. The van der Waals surface area contributed by atoms with Crippen LogP contribution in [0.1, 0.15) is 13.8 Å². The van der Waals surface area contributed by atoms with E-state index in [4.69, 9.17) is 5.73 Å². The van der Waals surface area contributed by atoms with Gasteiger partial charge in [-0.3, -0.25) is 4.99 Å². The van der Waals surface area contributed by atoms with E-state index >= 15 is 0 Å². The van der Waals surface area contributed by atoms with Crippen LogP contribution in [0.25, 0.3) is 0 Å². The molecule has 2 nitrogen and oxygen atoms in total. The summed E-state index contributed by atoms with van der Waals surface area (Å²) in [6, 6.07) is 0. The van der Waals surface area contributed by atoms with Crippen LogP contribution in [0.5, 0.6) is 0 Å². The molecule has 0 heterocycles. The van der Waals surface area contributed by atoms with E-state index in [0.29, 0.717) is 5.92 Å². The minimum atomic E-state index is 0.401. The standard InChI is InChI=1S/C8H14N2/c1-4-10-8(5-6-9)7(2)3/h4-7H,1,9H2,2-3H3/b6-5-,10-8?. The summed E-state index contributed by atoms with van der Waals surface area (Å²) in [5, 5.41) is 0. The van der Waals surface area contributed by atoms with Gasteiger partial charge < -0.3 is 5.73 Å². The molecule has 0 saturated carbocycles. The van der Waals surface area contributed by atoms with Gasteiger partial charge in [0.2, 0.25) is 0 Å². The van der Waals surface area contributed by atoms with Gasteiger partial charge >= 0.3 is 0 Å². The summed E-state index contributed by atoms with van der Waals surface area (Å²) in [4.78, 5) is 4.03. The maximum atomic E-state index is 5.20. The zero-order chi connectivity index (χ0) is 7.98. The lowest BCUT2D eigenvalue weighted by atomic mass is 10.1. The molecule has 0 atom stereocenters. The molecular weight excluding hydrogens is 124 g/mol. The van der Waals surface area contributed by atoms with E-state index < -0.39 is 0 Å². The summed E-state index contributed by atoms with van der Waals surface area (Å²) in [6.07, 6.45) is 4.80. The lowest BCUT2D eigenvalue weighted by molar-refractivity contribution is 0.888. The molecule has 0 spiro atoms. The summed E-state index contributed by atoms with van der Waals surface area (Å²) in [5.74, 6) is 0.401. The molecule has 0 aromatic carbocycles. The number of hydrogen-bond donors (Lipinski definition) is 1. The molecule has 56 valence electrons. The Morgan fingerprint density at radius 3 is 2.50 bits per heavy atom. The summed E-state index contributed by atoms with van der Waals surface area (Å²) in [6.45, 7) is 7.62. The van der Waals surface area contributed by atoms with Crippen LogP contribution in [-0.4, -0.2) is 5.71 Å². The second kappa shape index (κ2) is 4.79. The highest BCUT2D eigenvalue weighted by Gasteiger charge is 1.97. The molecule has 10 heavy (non-hydrogen) atoms. The zero-order valence-electron chi connectivity index (χ0n) is 6.54. The van der Waals surface area contributed by atoms with E-state index in [1.54, 1.807) is 6.08 Å². The maximum Gasteiger partial charge on any atom is 0.0442 e. The fraction of sp³-hybridized carbons (Fsp3) is 0.375. The smallest absolute Gasteiger partial charge is 0.0442 e. The van der Waals surface area contributed by atoms with E-state index in [9.17, 15) is 0 Å². The molecule has 0 unspecified atom stereocenters. The van der Waals surface area contributed by atoms with Gasteiger partial charge in [-0.2, -0.15) is 0 Å². The van der Waals surface area contributed by atoms with Crippen molar-refractivity contribution in [2.45, 2.75) is 13.8 Å². The number of allylic oxidation sites excluding steroid dienone is 1. The third-order valence-corrected chi connectivity index (χ3v) is 1.10. The van der Waals surface area contributed by atoms with Gasteiger partial charge in [-0.25, -0.2) is 0 Å². The van der Waals surface area contributed by atoms with Crippen molar-refractivity contribution >= 4 is 5.71 Å². The van der Waals surface area contributed by atoms with Crippen molar-refractivity contribution in [2.75, 3.05) is 0 Å². The Morgan fingerprint density at radius 1 is 1.60 bits per heavy atom. The molecule has 0 saturated heterocycles.